The predicted octanol–water partition coefficient (Wildman–Crippen LogP) is 4.22. The van der Waals surface area contributed by atoms with Gasteiger partial charge in [0.05, 0.1) is 7.11 Å². The standard InChI is InChI=1S/C21H22N4O2/c1-14(16-7-5-4-6-8-16)22-20-13-19(23-15(2)24-20)21(26)25-17-9-11-18(27-3)12-10-17/h4-14H,1-3H3,(H,25,26)(H,22,23,24). The molecule has 0 aliphatic rings. The van der Waals surface area contributed by atoms with Crippen molar-refractivity contribution in [2.75, 3.05) is 17.7 Å². The minimum absolute atomic E-state index is 0.0537. The number of carbonyl (C=O) groups is 1. The van der Waals surface area contributed by atoms with Crippen LogP contribution in [0.4, 0.5) is 11.5 Å². The first-order valence-corrected chi connectivity index (χ1v) is 8.68. The largest absolute Gasteiger partial charge is 0.497 e. The number of nitrogens with zero attached hydrogens (tertiary/aromatic N) is 2. The van der Waals surface area contributed by atoms with Crippen LogP contribution in [-0.4, -0.2) is 23.0 Å². The Hall–Kier alpha value is -3.41. The Morgan fingerprint density at radius 3 is 2.41 bits per heavy atom. The molecule has 138 valence electrons. The summed E-state index contributed by atoms with van der Waals surface area (Å²) in [6.07, 6.45) is 0. The van der Waals surface area contributed by atoms with Crippen molar-refractivity contribution in [3.8, 4) is 5.75 Å². The van der Waals surface area contributed by atoms with Crippen molar-refractivity contribution < 1.29 is 9.53 Å². The lowest BCUT2D eigenvalue weighted by Crippen LogP contribution is -2.16. The zero-order valence-corrected chi connectivity index (χ0v) is 15.6. The second kappa shape index (κ2) is 8.31. The highest BCUT2D eigenvalue weighted by Crippen LogP contribution is 2.19. The van der Waals surface area contributed by atoms with E-state index in [1.165, 1.54) is 0 Å². The van der Waals surface area contributed by atoms with E-state index < -0.39 is 0 Å². The number of anilines is 2. The zero-order valence-electron chi connectivity index (χ0n) is 15.6. The summed E-state index contributed by atoms with van der Waals surface area (Å²) < 4.78 is 5.12. The maximum Gasteiger partial charge on any atom is 0.274 e. The molecule has 6 nitrogen and oxygen atoms in total. The Labute approximate surface area is 158 Å². The van der Waals surface area contributed by atoms with E-state index >= 15 is 0 Å². The maximum absolute atomic E-state index is 12.6. The Bertz CT molecular complexity index is 911. The van der Waals surface area contributed by atoms with Crippen molar-refractivity contribution in [2.24, 2.45) is 0 Å². The van der Waals surface area contributed by atoms with E-state index in [2.05, 4.69) is 20.6 Å². The van der Waals surface area contributed by atoms with E-state index in [9.17, 15) is 4.79 Å². The fraction of sp³-hybridized carbons (Fsp3) is 0.190. The zero-order chi connectivity index (χ0) is 19.2. The van der Waals surface area contributed by atoms with Crippen molar-refractivity contribution in [1.82, 2.24) is 9.97 Å². The third kappa shape index (κ3) is 4.82. The molecule has 0 spiro atoms. The van der Waals surface area contributed by atoms with Crippen molar-refractivity contribution in [3.05, 3.63) is 77.7 Å². The lowest BCUT2D eigenvalue weighted by Gasteiger charge is -2.16. The highest BCUT2D eigenvalue weighted by Gasteiger charge is 2.13. The number of aryl methyl sites for hydroxylation is 1. The Morgan fingerprint density at radius 2 is 1.74 bits per heavy atom. The summed E-state index contributed by atoms with van der Waals surface area (Å²) in [4.78, 5) is 21.2. The molecule has 27 heavy (non-hydrogen) atoms. The minimum atomic E-state index is -0.291. The number of hydrogen-bond donors (Lipinski definition) is 2. The van der Waals surface area contributed by atoms with Crippen LogP contribution in [0.15, 0.2) is 60.7 Å². The number of rotatable bonds is 6. The van der Waals surface area contributed by atoms with Gasteiger partial charge in [-0.15, -0.1) is 0 Å². The number of hydrogen-bond acceptors (Lipinski definition) is 5. The van der Waals surface area contributed by atoms with Gasteiger partial charge in [-0.3, -0.25) is 4.79 Å². The van der Waals surface area contributed by atoms with E-state index in [4.69, 9.17) is 4.74 Å². The van der Waals surface area contributed by atoms with E-state index in [1.807, 2.05) is 37.3 Å². The molecule has 2 N–H and O–H groups in total. The van der Waals surface area contributed by atoms with Crippen molar-refractivity contribution in [3.63, 3.8) is 0 Å². The first-order chi connectivity index (χ1) is 13.0. The van der Waals surface area contributed by atoms with Gasteiger partial charge in [0.25, 0.3) is 5.91 Å². The van der Waals surface area contributed by atoms with Gasteiger partial charge in [-0.2, -0.15) is 0 Å². The van der Waals surface area contributed by atoms with Gasteiger partial charge in [0.15, 0.2) is 0 Å². The average Bonchev–Trinajstić information content (AvgIpc) is 2.68. The molecule has 3 rings (SSSR count). The van der Waals surface area contributed by atoms with Crippen LogP contribution in [0, 0.1) is 6.92 Å². The van der Waals surface area contributed by atoms with Crippen LogP contribution >= 0.6 is 0 Å². The van der Waals surface area contributed by atoms with Crippen molar-refractivity contribution >= 4 is 17.4 Å². The molecule has 2 aromatic carbocycles. The lowest BCUT2D eigenvalue weighted by atomic mass is 10.1. The number of nitrogens with one attached hydrogen (secondary N) is 2. The summed E-state index contributed by atoms with van der Waals surface area (Å²) >= 11 is 0. The van der Waals surface area contributed by atoms with Crippen molar-refractivity contribution in [2.45, 2.75) is 19.9 Å². The SMILES string of the molecule is COc1ccc(NC(=O)c2cc(NC(C)c3ccccc3)nc(C)n2)cc1. The van der Waals surface area contributed by atoms with E-state index in [0.29, 0.717) is 23.0 Å². The maximum atomic E-state index is 12.6. The number of carbonyl (C=O) groups excluding carboxylic acids is 1. The first-order valence-electron chi connectivity index (χ1n) is 8.68. The van der Waals surface area contributed by atoms with Crippen LogP contribution in [0.2, 0.25) is 0 Å². The van der Waals surface area contributed by atoms with E-state index in [-0.39, 0.29) is 11.9 Å². The average molecular weight is 362 g/mol. The van der Waals surface area contributed by atoms with Crippen molar-refractivity contribution in [1.29, 1.82) is 0 Å². The normalized spacial score (nSPS) is 11.5. The Kier molecular flexibility index (Phi) is 5.66. The smallest absolute Gasteiger partial charge is 0.274 e. The van der Waals surface area contributed by atoms with Crippen LogP contribution in [0.25, 0.3) is 0 Å². The van der Waals surface area contributed by atoms with Gasteiger partial charge in [-0.25, -0.2) is 9.97 Å². The summed E-state index contributed by atoms with van der Waals surface area (Å²) in [5, 5.41) is 6.16. The van der Waals surface area contributed by atoms with Crippen LogP contribution in [0.5, 0.6) is 5.75 Å². The highest BCUT2D eigenvalue weighted by atomic mass is 16.5. The monoisotopic (exact) mass is 362 g/mol. The molecule has 1 unspecified atom stereocenters. The second-order valence-corrected chi connectivity index (χ2v) is 6.14. The minimum Gasteiger partial charge on any atom is -0.497 e. The van der Waals surface area contributed by atoms with Crippen LogP contribution in [-0.2, 0) is 0 Å². The molecule has 1 atom stereocenters. The highest BCUT2D eigenvalue weighted by molar-refractivity contribution is 6.03. The molecule has 1 aromatic heterocycles. The first kappa shape index (κ1) is 18.4. The molecule has 0 aliphatic carbocycles. The lowest BCUT2D eigenvalue weighted by molar-refractivity contribution is 0.102. The van der Waals surface area contributed by atoms with E-state index in [0.717, 1.165) is 11.3 Å². The number of methoxy groups -OCH3 is 1. The van der Waals surface area contributed by atoms with Crippen LogP contribution in [0.1, 0.15) is 34.8 Å². The Balaban J connectivity index is 1.74. The van der Waals surface area contributed by atoms with Gasteiger partial charge < -0.3 is 15.4 Å². The number of aromatic nitrogens is 2. The summed E-state index contributed by atoms with van der Waals surface area (Å²) in [6.45, 7) is 3.81. The third-order valence-corrected chi connectivity index (χ3v) is 4.08. The number of ether oxygens (including phenoxy) is 1. The molecule has 3 aromatic rings. The van der Waals surface area contributed by atoms with Gasteiger partial charge in [0, 0.05) is 17.8 Å². The molecule has 1 amide bonds. The summed E-state index contributed by atoms with van der Waals surface area (Å²) in [7, 11) is 1.60. The fourth-order valence-electron chi connectivity index (χ4n) is 2.67. The molecule has 6 heteroatoms. The van der Waals surface area contributed by atoms with Gasteiger partial charge in [0.2, 0.25) is 0 Å². The quantitative estimate of drug-likeness (QED) is 0.687. The topological polar surface area (TPSA) is 76.1 Å². The number of amides is 1. The molecule has 0 saturated carbocycles. The van der Waals surface area contributed by atoms with Crippen LogP contribution in [0.3, 0.4) is 0 Å². The molecule has 1 heterocycles. The van der Waals surface area contributed by atoms with Crippen LogP contribution < -0.4 is 15.4 Å². The van der Waals surface area contributed by atoms with Gasteiger partial charge in [-0.1, -0.05) is 30.3 Å². The molecule has 0 fully saturated rings. The molecule has 0 saturated heterocycles. The van der Waals surface area contributed by atoms with Gasteiger partial charge >= 0.3 is 0 Å². The summed E-state index contributed by atoms with van der Waals surface area (Å²) in [6, 6.07) is 18.9. The molecular weight excluding hydrogens is 340 g/mol. The molecule has 0 radical (unpaired) electrons. The summed E-state index contributed by atoms with van der Waals surface area (Å²) in [5.41, 5.74) is 2.11. The van der Waals surface area contributed by atoms with E-state index in [1.54, 1.807) is 44.4 Å². The molecular formula is C21H22N4O2. The summed E-state index contributed by atoms with van der Waals surface area (Å²) in [5.74, 6) is 1.58. The Morgan fingerprint density at radius 1 is 1.04 bits per heavy atom. The molecule has 0 bridgehead atoms. The van der Waals surface area contributed by atoms with Gasteiger partial charge in [-0.05, 0) is 43.7 Å². The van der Waals surface area contributed by atoms with Gasteiger partial charge in [0.1, 0.15) is 23.1 Å². The molecule has 0 aliphatic heterocycles. The number of benzene rings is 2. The second-order valence-electron chi connectivity index (χ2n) is 6.14. The third-order valence-electron chi connectivity index (χ3n) is 4.08. The fourth-order valence-corrected chi connectivity index (χ4v) is 2.67. The predicted molar refractivity (Wildman–Crippen MR) is 106 cm³/mol.